The number of rotatable bonds is 13. The van der Waals surface area contributed by atoms with Crippen molar-refractivity contribution in [1.82, 2.24) is 5.32 Å². The second-order valence-electron chi connectivity index (χ2n) is 5.48. The third-order valence-corrected chi connectivity index (χ3v) is 2.93. The topological polar surface area (TPSA) is 75.6 Å². The molecule has 0 saturated heterocycles. The van der Waals surface area contributed by atoms with E-state index in [0.717, 1.165) is 12.3 Å². The molecule has 21 heavy (non-hydrogen) atoms. The Morgan fingerprint density at radius 3 is 2.52 bits per heavy atom. The lowest BCUT2D eigenvalue weighted by Crippen LogP contribution is -2.22. The number of aliphatic carboxylic acids is 1. The lowest BCUT2D eigenvalue weighted by molar-refractivity contribution is -0.142. The summed E-state index contributed by atoms with van der Waals surface area (Å²) in [6.45, 7) is 5.60. The van der Waals surface area contributed by atoms with E-state index in [1.54, 1.807) is 0 Å². The maximum atomic E-state index is 11.3. The van der Waals surface area contributed by atoms with E-state index in [1.807, 2.05) is 6.08 Å². The highest BCUT2D eigenvalue weighted by atomic mass is 16.5. The van der Waals surface area contributed by atoms with E-state index in [-0.39, 0.29) is 18.8 Å². The van der Waals surface area contributed by atoms with Gasteiger partial charge in [-0.25, -0.2) is 0 Å². The normalized spacial score (nSPS) is 11.2. The standard InChI is InChI=1S/C16H29NO4/c1-14(2)8-6-4-3-5-7-13-21-16(20)10-12-17-11-9-15(18)19/h5,7,14,17H,3-4,6,8-13H2,1-2H3,(H,18,19). The van der Waals surface area contributed by atoms with Crippen molar-refractivity contribution in [3.05, 3.63) is 12.2 Å². The van der Waals surface area contributed by atoms with Crippen LogP contribution in [0.1, 0.15) is 52.4 Å². The summed E-state index contributed by atoms with van der Waals surface area (Å²) in [5.41, 5.74) is 0. The zero-order valence-electron chi connectivity index (χ0n) is 13.3. The Balaban J connectivity index is 3.34. The number of nitrogens with one attached hydrogen (secondary N) is 1. The number of carboxylic acids is 1. The molecule has 5 heteroatoms. The molecule has 0 aliphatic carbocycles. The molecule has 0 atom stereocenters. The Kier molecular flexibility index (Phi) is 12.7. The molecule has 0 aromatic heterocycles. The largest absolute Gasteiger partial charge is 0.481 e. The Morgan fingerprint density at radius 2 is 1.86 bits per heavy atom. The van der Waals surface area contributed by atoms with Gasteiger partial charge in [-0.1, -0.05) is 38.8 Å². The molecule has 0 aliphatic heterocycles. The van der Waals surface area contributed by atoms with Crippen molar-refractivity contribution >= 4 is 11.9 Å². The molecule has 0 aliphatic rings. The maximum Gasteiger partial charge on any atom is 0.307 e. The number of ether oxygens (including phenoxy) is 1. The van der Waals surface area contributed by atoms with Gasteiger partial charge in [0, 0.05) is 13.1 Å². The third kappa shape index (κ3) is 16.6. The number of carboxylic acid groups (broad SMARTS) is 1. The Morgan fingerprint density at radius 1 is 1.14 bits per heavy atom. The summed E-state index contributed by atoms with van der Waals surface area (Å²) in [4.78, 5) is 21.6. The van der Waals surface area contributed by atoms with Gasteiger partial charge in [-0.15, -0.1) is 0 Å². The Labute approximate surface area is 127 Å². The number of carbonyl (C=O) groups is 2. The number of unbranched alkanes of at least 4 members (excludes halogenated alkanes) is 2. The molecule has 0 bridgehead atoms. The molecule has 0 spiro atoms. The van der Waals surface area contributed by atoms with E-state index in [2.05, 4.69) is 25.2 Å². The minimum Gasteiger partial charge on any atom is -0.481 e. The number of hydrogen-bond acceptors (Lipinski definition) is 4. The highest BCUT2D eigenvalue weighted by Crippen LogP contribution is 2.08. The van der Waals surface area contributed by atoms with Crippen LogP contribution in [0.5, 0.6) is 0 Å². The average molecular weight is 299 g/mol. The van der Waals surface area contributed by atoms with Crippen LogP contribution < -0.4 is 5.32 Å². The Hall–Kier alpha value is -1.36. The summed E-state index contributed by atoms with van der Waals surface area (Å²) in [7, 11) is 0. The predicted molar refractivity (Wildman–Crippen MR) is 83.1 cm³/mol. The molecule has 0 radical (unpaired) electrons. The van der Waals surface area contributed by atoms with E-state index < -0.39 is 5.97 Å². The van der Waals surface area contributed by atoms with Crippen molar-refractivity contribution in [2.75, 3.05) is 19.7 Å². The van der Waals surface area contributed by atoms with Gasteiger partial charge in [0.25, 0.3) is 0 Å². The first-order valence-electron chi connectivity index (χ1n) is 7.75. The number of hydrogen-bond donors (Lipinski definition) is 2. The molecule has 0 amide bonds. The van der Waals surface area contributed by atoms with Crippen LogP contribution in [0.4, 0.5) is 0 Å². The van der Waals surface area contributed by atoms with Crippen LogP contribution in [0.3, 0.4) is 0 Å². The second-order valence-corrected chi connectivity index (χ2v) is 5.48. The molecule has 2 N–H and O–H groups in total. The highest BCUT2D eigenvalue weighted by Gasteiger charge is 2.01. The number of allylic oxidation sites excluding steroid dienone is 1. The minimum atomic E-state index is -0.844. The highest BCUT2D eigenvalue weighted by molar-refractivity contribution is 5.69. The maximum absolute atomic E-state index is 11.3. The van der Waals surface area contributed by atoms with Gasteiger partial charge in [0.2, 0.25) is 0 Å². The van der Waals surface area contributed by atoms with E-state index in [9.17, 15) is 9.59 Å². The van der Waals surface area contributed by atoms with Gasteiger partial charge >= 0.3 is 11.9 Å². The molecule has 0 unspecified atom stereocenters. The van der Waals surface area contributed by atoms with E-state index in [1.165, 1.54) is 19.3 Å². The van der Waals surface area contributed by atoms with Crippen molar-refractivity contribution in [3.8, 4) is 0 Å². The molecule has 0 aromatic carbocycles. The van der Waals surface area contributed by atoms with Crippen LogP contribution in [0.2, 0.25) is 0 Å². The van der Waals surface area contributed by atoms with Crippen molar-refractivity contribution in [3.63, 3.8) is 0 Å². The lowest BCUT2D eigenvalue weighted by atomic mass is 10.1. The van der Waals surface area contributed by atoms with E-state index in [0.29, 0.717) is 19.7 Å². The summed E-state index contributed by atoms with van der Waals surface area (Å²) >= 11 is 0. The van der Waals surface area contributed by atoms with Crippen LogP contribution in [0, 0.1) is 5.92 Å². The molecular formula is C16H29NO4. The quantitative estimate of drug-likeness (QED) is 0.311. The molecule has 0 fully saturated rings. The van der Waals surface area contributed by atoms with Gasteiger partial charge < -0.3 is 15.2 Å². The van der Waals surface area contributed by atoms with Crippen LogP contribution in [-0.4, -0.2) is 36.7 Å². The monoisotopic (exact) mass is 299 g/mol. The van der Waals surface area contributed by atoms with Gasteiger partial charge in [-0.3, -0.25) is 9.59 Å². The van der Waals surface area contributed by atoms with E-state index in [4.69, 9.17) is 9.84 Å². The fourth-order valence-electron chi connectivity index (χ4n) is 1.72. The fraction of sp³-hybridized carbons (Fsp3) is 0.750. The molecule has 0 heterocycles. The first-order chi connectivity index (χ1) is 10.0. The van der Waals surface area contributed by atoms with Crippen molar-refractivity contribution in [1.29, 1.82) is 0 Å². The van der Waals surface area contributed by atoms with Crippen molar-refractivity contribution in [2.24, 2.45) is 5.92 Å². The summed E-state index contributed by atoms with van der Waals surface area (Å²) in [6.07, 6.45) is 8.97. The van der Waals surface area contributed by atoms with Crippen LogP contribution >= 0.6 is 0 Å². The van der Waals surface area contributed by atoms with Gasteiger partial charge in [-0.2, -0.15) is 0 Å². The second kappa shape index (κ2) is 13.6. The summed E-state index contributed by atoms with van der Waals surface area (Å²) < 4.78 is 5.03. The molecule has 5 nitrogen and oxygen atoms in total. The van der Waals surface area contributed by atoms with Gasteiger partial charge in [-0.05, 0) is 18.8 Å². The SMILES string of the molecule is CC(C)CCCCC=CCOC(=O)CCNCCC(=O)O. The number of esters is 1. The zero-order valence-corrected chi connectivity index (χ0v) is 13.3. The van der Waals surface area contributed by atoms with Gasteiger partial charge in [0.15, 0.2) is 0 Å². The molecule has 0 rings (SSSR count). The minimum absolute atomic E-state index is 0.0641. The van der Waals surface area contributed by atoms with Crippen molar-refractivity contribution < 1.29 is 19.4 Å². The van der Waals surface area contributed by atoms with E-state index >= 15 is 0 Å². The lowest BCUT2D eigenvalue weighted by Gasteiger charge is -2.03. The molecule has 122 valence electrons. The first-order valence-corrected chi connectivity index (χ1v) is 7.75. The summed E-state index contributed by atoms with van der Waals surface area (Å²) in [6, 6.07) is 0. The van der Waals surface area contributed by atoms with Crippen molar-refractivity contribution in [2.45, 2.75) is 52.4 Å². The molecule has 0 saturated carbocycles. The van der Waals surface area contributed by atoms with Gasteiger partial charge in [0.05, 0.1) is 12.8 Å². The summed E-state index contributed by atoms with van der Waals surface area (Å²) in [5, 5.41) is 11.3. The summed E-state index contributed by atoms with van der Waals surface area (Å²) in [5.74, 6) is -0.343. The zero-order chi connectivity index (χ0) is 15.9. The average Bonchev–Trinajstić information content (AvgIpc) is 2.40. The third-order valence-electron chi connectivity index (χ3n) is 2.93. The molecule has 0 aromatic rings. The van der Waals surface area contributed by atoms with Crippen LogP contribution in [0.25, 0.3) is 0 Å². The Bertz CT molecular complexity index is 313. The van der Waals surface area contributed by atoms with Crippen LogP contribution in [-0.2, 0) is 14.3 Å². The van der Waals surface area contributed by atoms with Crippen LogP contribution in [0.15, 0.2) is 12.2 Å². The first kappa shape index (κ1) is 19.6. The number of carbonyl (C=O) groups excluding carboxylic acids is 1. The van der Waals surface area contributed by atoms with Gasteiger partial charge in [0.1, 0.15) is 6.61 Å². The smallest absolute Gasteiger partial charge is 0.307 e. The fourth-order valence-corrected chi connectivity index (χ4v) is 1.72. The predicted octanol–water partition coefficient (Wildman–Crippen LogP) is 2.76. The molecular weight excluding hydrogens is 270 g/mol.